The van der Waals surface area contributed by atoms with E-state index in [2.05, 4.69) is 15.5 Å². The lowest BCUT2D eigenvalue weighted by atomic mass is 10.2. The van der Waals surface area contributed by atoms with Gasteiger partial charge < -0.3 is 5.73 Å². The van der Waals surface area contributed by atoms with Crippen molar-refractivity contribution in [3.05, 3.63) is 58.9 Å². The van der Waals surface area contributed by atoms with Crippen molar-refractivity contribution >= 4 is 17.3 Å². The van der Waals surface area contributed by atoms with Crippen molar-refractivity contribution in [1.82, 2.24) is 20.2 Å². The van der Waals surface area contributed by atoms with E-state index < -0.39 is 0 Å². The average Bonchev–Trinajstić information content (AvgIpc) is 2.92. The molecule has 0 atom stereocenters. The zero-order chi connectivity index (χ0) is 14.8. The number of benzene rings is 2. The predicted octanol–water partition coefficient (Wildman–Crippen LogP) is 2.76. The molecule has 0 fully saturated rings. The van der Waals surface area contributed by atoms with Crippen molar-refractivity contribution in [2.75, 3.05) is 5.73 Å². The van der Waals surface area contributed by atoms with Crippen LogP contribution < -0.4 is 5.73 Å². The summed E-state index contributed by atoms with van der Waals surface area (Å²) < 4.78 is 14.5. The molecule has 0 unspecified atom stereocenters. The van der Waals surface area contributed by atoms with Crippen molar-refractivity contribution in [1.29, 1.82) is 0 Å². The third-order valence-electron chi connectivity index (χ3n) is 3.04. The Balaban J connectivity index is 1.93. The Morgan fingerprint density at radius 1 is 1.14 bits per heavy atom. The van der Waals surface area contributed by atoms with E-state index >= 15 is 0 Å². The molecule has 0 amide bonds. The van der Waals surface area contributed by atoms with E-state index in [1.165, 1.54) is 12.1 Å². The Morgan fingerprint density at radius 2 is 1.90 bits per heavy atom. The molecule has 3 rings (SSSR count). The molecule has 0 saturated carbocycles. The molecule has 0 saturated heterocycles. The number of nitrogen functional groups attached to an aromatic ring is 1. The van der Waals surface area contributed by atoms with Crippen molar-refractivity contribution in [3.8, 4) is 11.4 Å². The summed E-state index contributed by atoms with van der Waals surface area (Å²) in [7, 11) is 0. The van der Waals surface area contributed by atoms with Crippen molar-refractivity contribution < 1.29 is 4.39 Å². The highest BCUT2D eigenvalue weighted by Gasteiger charge is 2.11. The Kier molecular flexibility index (Phi) is 3.53. The van der Waals surface area contributed by atoms with Gasteiger partial charge in [0, 0.05) is 5.56 Å². The first-order valence-electron chi connectivity index (χ1n) is 6.19. The highest BCUT2D eigenvalue weighted by molar-refractivity contribution is 6.33. The van der Waals surface area contributed by atoms with Gasteiger partial charge in [0.2, 0.25) is 0 Å². The number of hydrogen-bond acceptors (Lipinski definition) is 4. The normalized spacial score (nSPS) is 10.8. The molecule has 21 heavy (non-hydrogen) atoms. The maximum absolute atomic E-state index is 12.9. The predicted molar refractivity (Wildman–Crippen MR) is 78.2 cm³/mol. The van der Waals surface area contributed by atoms with Crippen LogP contribution in [0.2, 0.25) is 5.02 Å². The van der Waals surface area contributed by atoms with Gasteiger partial charge in [0.25, 0.3) is 0 Å². The van der Waals surface area contributed by atoms with Crippen LogP contribution in [0.1, 0.15) is 5.56 Å². The smallest absolute Gasteiger partial charge is 0.182 e. The number of nitrogens with zero attached hydrogens (tertiary/aromatic N) is 4. The number of rotatable bonds is 3. The largest absolute Gasteiger partial charge is 0.398 e. The van der Waals surface area contributed by atoms with Gasteiger partial charge in [-0.15, -0.1) is 5.10 Å². The van der Waals surface area contributed by atoms with Gasteiger partial charge in [-0.1, -0.05) is 23.7 Å². The Morgan fingerprint density at radius 3 is 2.62 bits per heavy atom. The van der Waals surface area contributed by atoms with Gasteiger partial charge in [-0.2, -0.15) is 0 Å². The lowest BCUT2D eigenvalue weighted by Crippen LogP contribution is -2.04. The summed E-state index contributed by atoms with van der Waals surface area (Å²) in [5.41, 5.74) is 7.85. The maximum atomic E-state index is 12.9. The number of hydrogen-bond donors (Lipinski definition) is 1. The summed E-state index contributed by atoms with van der Waals surface area (Å²) in [6.07, 6.45) is 0. The maximum Gasteiger partial charge on any atom is 0.182 e. The molecule has 1 heterocycles. The molecule has 0 aliphatic carbocycles. The molecule has 0 spiro atoms. The zero-order valence-corrected chi connectivity index (χ0v) is 11.6. The van der Waals surface area contributed by atoms with Crippen LogP contribution in [0.25, 0.3) is 11.4 Å². The number of nitrogens with two attached hydrogens (primary N) is 1. The van der Waals surface area contributed by atoms with E-state index in [1.807, 2.05) is 0 Å². The van der Waals surface area contributed by atoms with Crippen LogP contribution in [0, 0.1) is 5.82 Å². The second kappa shape index (κ2) is 5.49. The SMILES string of the molecule is Nc1ccc(-c2nnnn2Cc2ccc(F)cc2)cc1Cl. The van der Waals surface area contributed by atoms with Crippen molar-refractivity contribution in [2.45, 2.75) is 6.54 Å². The summed E-state index contributed by atoms with van der Waals surface area (Å²) in [5, 5.41) is 12.1. The highest BCUT2D eigenvalue weighted by Crippen LogP contribution is 2.25. The van der Waals surface area contributed by atoms with E-state index in [9.17, 15) is 4.39 Å². The van der Waals surface area contributed by atoms with Gasteiger partial charge in [0.15, 0.2) is 5.82 Å². The third kappa shape index (κ3) is 2.85. The highest BCUT2D eigenvalue weighted by atomic mass is 35.5. The van der Waals surface area contributed by atoms with Crippen LogP contribution in [-0.4, -0.2) is 20.2 Å². The monoisotopic (exact) mass is 303 g/mol. The van der Waals surface area contributed by atoms with Crippen LogP contribution in [0.5, 0.6) is 0 Å². The van der Waals surface area contributed by atoms with Crippen molar-refractivity contribution in [2.24, 2.45) is 0 Å². The van der Waals surface area contributed by atoms with E-state index in [4.69, 9.17) is 17.3 Å². The van der Waals surface area contributed by atoms with Crippen LogP contribution in [-0.2, 0) is 6.54 Å². The van der Waals surface area contributed by atoms with Crippen molar-refractivity contribution in [3.63, 3.8) is 0 Å². The van der Waals surface area contributed by atoms with Crippen LogP contribution in [0.15, 0.2) is 42.5 Å². The topological polar surface area (TPSA) is 69.6 Å². The standard InChI is InChI=1S/C14H11ClFN5/c15-12-7-10(3-6-13(12)17)14-18-19-20-21(14)8-9-1-4-11(16)5-2-9/h1-7H,8,17H2. The van der Waals surface area contributed by atoms with Gasteiger partial charge in [0.1, 0.15) is 5.82 Å². The second-order valence-corrected chi connectivity index (χ2v) is 4.93. The summed E-state index contributed by atoms with van der Waals surface area (Å²) >= 11 is 6.02. The minimum absolute atomic E-state index is 0.277. The Hall–Kier alpha value is -2.47. The number of aromatic nitrogens is 4. The lowest BCUT2D eigenvalue weighted by molar-refractivity contribution is 0.622. The van der Waals surface area contributed by atoms with E-state index in [-0.39, 0.29) is 5.82 Å². The first-order valence-corrected chi connectivity index (χ1v) is 6.57. The summed E-state index contributed by atoms with van der Waals surface area (Å²) in [6, 6.07) is 11.4. The van der Waals surface area contributed by atoms with Gasteiger partial charge in [-0.3, -0.25) is 0 Å². The zero-order valence-electron chi connectivity index (χ0n) is 10.9. The first kappa shape index (κ1) is 13.5. The Labute approximate surface area is 125 Å². The van der Waals surface area contributed by atoms with Gasteiger partial charge in [0.05, 0.1) is 17.3 Å². The molecule has 2 aromatic carbocycles. The van der Waals surface area contributed by atoms with E-state index in [1.54, 1.807) is 35.0 Å². The van der Waals surface area contributed by atoms with E-state index in [0.717, 1.165) is 11.1 Å². The summed E-state index contributed by atoms with van der Waals surface area (Å²) in [4.78, 5) is 0. The van der Waals surface area contributed by atoms with Crippen LogP contribution in [0.4, 0.5) is 10.1 Å². The molecule has 1 aromatic heterocycles. The molecule has 2 N–H and O–H groups in total. The number of halogens is 2. The molecule has 7 heteroatoms. The first-order chi connectivity index (χ1) is 10.1. The quantitative estimate of drug-likeness (QED) is 0.755. The number of tetrazole rings is 1. The molecule has 5 nitrogen and oxygen atoms in total. The molecule has 0 aliphatic heterocycles. The molecular formula is C14H11ClFN5. The second-order valence-electron chi connectivity index (χ2n) is 4.52. The third-order valence-corrected chi connectivity index (χ3v) is 3.36. The van der Waals surface area contributed by atoms with E-state index in [0.29, 0.717) is 23.1 Å². The van der Waals surface area contributed by atoms with Crippen LogP contribution >= 0.6 is 11.6 Å². The molecule has 0 aliphatic rings. The minimum atomic E-state index is -0.277. The number of anilines is 1. The average molecular weight is 304 g/mol. The molecule has 0 bridgehead atoms. The van der Waals surface area contributed by atoms with Gasteiger partial charge in [-0.05, 0) is 46.3 Å². The van der Waals surface area contributed by atoms with Gasteiger partial charge >= 0.3 is 0 Å². The fraction of sp³-hybridized carbons (Fsp3) is 0.0714. The van der Waals surface area contributed by atoms with Gasteiger partial charge in [-0.25, -0.2) is 9.07 Å². The minimum Gasteiger partial charge on any atom is -0.398 e. The fourth-order valence-electron chi connectivity index (χ4n) is 1.95. The summed E-state index contributed by atoms with van der Waals surface area (Å²) in [6.45, 7) is 0.435. The molecule has 0 radical (unpaired) electrons. The Bertz CT molecular complexity index is 769. The van der Waals surface area contributed by atoms with Crippen LogP contribution in [0.3, 0.4) is 0 Å². The summed E-state index contributed by atoms with van der Waals surface area (Å²) in [5.74, 6) is 0.294. The molecule has 106 valence electrons. The fourth-order valence-corrected chi connectivity index (χ4v) is 2.13. The molecular weight excluding hydrogens is 293 g/mol. The lowest BCUT2D eigenvalue weighted by Gasteiger charge is -2.06. The molecule has 3 aromatic rings.